The highest BCUT2D eigenvalue weighted by atomic mass is 14.3. The van der Waals surface area contributed by atoms with E-state index < -0.39 is 0 Å². The predicted molar refractivity (Wildman–Crippen MR) is 233 cm³/mol. The largest absolute Gasteiger partial charge is 0.0636 e. The normalized spacial score (nSPS) is 12.6. The van der Waals surface area contributed by atoms with E-state index in [1.54, 1.807) is 0 Å². The number of hydrogen-bond donors (Lipinski definition) is 0. The zero-order valence-corrected chi connectivity index (χ0v) is 29.3. The van der Waals surface area contributed by atoms with Crippen LogP contribution in [0.15, 0.2) is 194 Å². The van der Waals surface area contributed by atoms with Crippen molar-refractivity contribution in [2.24, 2.45) is 0 Å². The molecule has 0 bridgehead atoms. The molecule has 0 aliphatic rings. The van der Waals surface area contributed by atoms with Gasteiger partial charge in [0.1, 0.15) is 0 Å². The minimum atomic E-state index is 0.363. The molecule has 0 saturated heterocycles. The highest BCUT2D eigenvalue weighted by molar-refractivity contribution is 6.27. The summed E-state index contributed by atoms with van der Waals surface area (Å²) >= 11 is 0. The van der Waals surface area contributed by atoms with Crippen LogP contribution in [0.25, 0.3) is 120 Å². The molecule has 0 spiro atoms. The summed E-state index contributed by atoms with van der Waals surface area (Å²) < 4.78 is 21.0. The number of benzene rings is 12. The van der Waals surface area contributed by atoms with Gasteiger partial charge in [-0.2, -0.15) is 0 Å². The molecular weight excluding hydrogens is 649 g/mol. The maximum absolute atomic E-state index is 10.5. The molecule has 0 fully saturated rings. The second-order valence-electron chi connectivity index (χ2n) is 14.6. The van der Waals surface area contributed by atoms with Crippen molar-refractivity contribution in [2.45, 2.75) is 0 Å². The monoisotopic (exact) mass is 682 g/mol. The highest BCUT2D eigenvalue weighted by Crippen LogP contribution is 2.49. The lowest BCUT2D eigenvalue weighted by molar-refractivity contribution is 1.58. The second-order valence-corrected chi connectivity index (χ2v) is 14.6. The van der Waals surface area contributed by atoms with Crippen LogP contribution < -0.4 is 0 Å². The van der Waals surface area contributed by atoms with Crippen molar-refractivity contribution < 1.29 is 2.74 Å². The Kier molecular flexibility index (Phi) is 5.75. The van der Waals surface area contributed by atoms with Crippen LogP contribution in [-0.2, 0) is 0 Å². The minimum Gasteiger partial charge on any atom is -0.0622 e. The van der Waals surface area contributed by atoms with Gasteiger partial charge >= 0.3 is 0 Å². The van der Waals surface area contributed by atoms with Gasteiger partial charge in [0.2, 0.25) is 0 Å². The lowest BCUT2D eigenvalue weighted by atomic mass is 9.81. The van der Waals surface area contributed by atoms with Crippen LogP contribution in [0.4, 0.5) is 0 Å². The van der Waals surface area contributed by atoms with Crippen molar-refractivity contribution in [3.63, 3.8) is 0 Å². The van der Waals surface area contributed by atoms with Gasteiger partial charge in [-0.3, -0.25) is 0 Å². The van der Waals surface area contributed by atoms with Gasteiger partial charge < -0.3 is 0 Å². The fourth-order valence-corrected chi connectivity index (χ4v) is 9.31. The molecule has 248 valence electrons. The summed E-state index contributed by atoms with van der Waals surface area (Å²) in [5, 5.41) is 16.4. The van der Waals surface area contributed by atoms with Crippen molar-refractivity contribution in [2.75, 3.05) is 0 Å². The quantitative estimate of drug-likeness (QED) is 0.162. The summed E-state index contributed by atoms with van der Waals surface area (Å²) in [6, 6.07) is 65.5. The molecule has 0 aliphatic heterocycles. The molecular formula is C54H32. The SMILES string of the molecule is [2H]c1c(-c2ccc3ccc4cccc5ccc2c3c45)c([2H])c(-c2ccc3ccc4cccc5ccc2c3c45)c(-c2ccccc2)c1-c1cccc2ccccc12. The van der Waals surface area contributed by atoms with Crippen LogP contribution in [0.1, 0.15) is 2.74 Å². The highest BCUT2D eigenvalue weighted by Gasteiger charge is 2.22. The maximum Gasteiger partial charge on any atom is 0.0636 e. The Balaban J connectivity index is 1.30. The molecule has 0 unspecified atom stereocenters. The standard InChI is InChI=1S/C54H32/c1-2-10-34(11-3-1)52-48(44-18-8-12-33-9-4-5-17-42(33)44)31-41(43-27-23-39-21-19-35-13-6-15-37-25-29-46(43)53(39)50(35)37)32-49(52)45-28-24-40-22-20-36-14-7-16-38-26-30-47(45)54(40)51(36)38/h1-32H/i31D,32D. The first kappa shape index (κ1) is 27.6. The van der Waals surface area contributed by atoms with E-state index in [2.05, 4.69) is 176 Å². The van der Waals surface area contributed by atoms with Gasteiger partial charge in [-0.25, -0.2) is 0 Å². The predicted octanol–water partition coefficient (Wildman–Crippen LogP) is 15.3. The Bertz CT molecular complexity index is 3510. The average molecular weight is 683 g/mol. The Morgan fingerprint density at radius 1 is 0.241 bits per heavy atom. The Morgan fingerprint density at radius 2 is 0.667 bits per heavy atom. The smallest absolute Gasteiger partial charge is 0.0622 e. The van der Waals surface area contributed by atoms with Crippen LogP contribution in [0.5, 0.6) is 0 Å². The van der Waals surface area contributed by atoms with E-state index in [1.165, 1.54) is 48.5 Å². The van der Waals surface area contributed by atoms with E-state index in [1.807, 2.05) is 6.07 Å². The molecule has 12 aromatic carbocycles. The van der Waals surface area contributed by atoms with Gasteiger partial charge in [0.15, 0.2) is 0 Å². The summed E-state index contributed by atoms with van der Waals surface area (Å²) in [6.45, 7) is 0. The van der Waals surface area contributed by atoms with Crippen LogP contribution in [0, 0.1) is 0 Å². The van der Waals surface area contributed by atoms with E-state index >= 15 is 0 Å². The summed E-state index contributed by atoms with van der Waals surface area (Å²) in [6.07, 6.45) is 0. The van der Waals surface area contributed by atoms with Gasteiger partial charge in [-0.15, -0.1) is 0 Å². The lowest BCUT2D eigenvalue weighted by Crippen LogP contribution is -1.96. The van der Waals surface area contributed by atoms with Gasteiger partial charge in [0.25, 0.3) is 0 Å². The van der Waals surface area contributed by atoms with E-state index in [9.17, 15) is 2.74 Å². The molecule has 12 rings (SSSR count). The third kappa shape index (κ3) is 4.20. The van der Waals surface area contributed by atoms with Crippen molar-refractivity contribution in [3.8, 4) is 44.5 Å². The summed E-state index contributed by atoms with van der Waals surface area (Å²) in [7, 11) is 0. The van der Waals surface area contributed by atoms with Crippen molar-refractivity contribution in [1.29, 1.82) is 0 Å². The number of rotatable bonds is 4. The van der Waals surface area contributed by atoms with Crippen LogP contribution >= 0.6 is 0 Å². The zero-order chi connectivity index (χ0) is 37.1. The second kappa shape index (κ2) is 11.2. The zero-order valence-electron chi connectivity index (χ0n) is 31.3. The van der Waals surface area contributed by atoms with Gasteiger partial charge in [0, 0.05) is 0 Å². The topological polar surface area (TPSA) is 0 Å². The fourth-order valence-electron chi connectivity index (χ4n) is 9.31. The molecule has 0 N–H and O–H groups in total. The first-order chi connectivity index (χ1) is 27.6. The molecule has 12 aromatic rings. The van der Waals surface area contributed by atoms with E-state index in [0.29, 0.717) is 17.6 Å². The molecule has 0 radical (unpaired) electrons. The minimum absolute atomic E-state index is 0.363. The molecule has 0 saturated carbocycles. The number of fused-ring (bicyclic) bond motifs is 1. The molecule has 54 heavy (non-hydrogen) atoms. The number of hydrogen-bond acceptors (Lipinski definition) is 0. The molecule has 0 heteroatoms. The van der Waals surface area contributed by atoms with Crippen LogP contribution in [0.3, 0.4) is 0 Å². The first-order valence-corrected chi connectivity index (χ1v) is 18.7. The molecule has 0 heterocycles. The summed E-state index contributed by atoms with van der Waals surface area (Å²) in [5.41, 5.74) is 7.12. The maximum atomic E-state index is 10.5. The van der Waals surface area contributed by atoms with Crippen LogP contribution in [-0.4, -0.2) is 0 Å². The summed E-state index contributed by atoms with van der Waals surface area (Å²) in [4.78, 5) is 0. The molecule has 0 aliphatic carbocycles. The Labute approximate surface area is 315 Å². The van der Waals surface area contributed by atoms with Gasteiger partial charge in [0.05, 0.1) is 2.74 Å². The van der Waals surface area contributed by atoms with Crippen LogP contribution in [0.2, 0.25) is 0 Å². The van der Waals surface area contributed by atoms with Gasteiger partial charge in [-0.1, -0.05) is 182 Å². The third-order valence-corrected chi connectivity index (χ3v) is 11.7. The van der Waals surface area contributed by atoms with Crippen molar-refractivity contribution in [3.05, 3.63) is 194 Å². The first-order valence-electron chi connectivity index (χ1n) is 19.7. The fraction of sp³-hybridized carbons (Fsp3) is 0. The van der Waals surface area contributed by atoms with Crippen molar-refractivity contribution in [1.82, 2.24) is 0 Å². The third-order valence-electron chi connectivity index (χ3n) is 11.7. The Hall–Kier alpha value is -7.02. The van der Waals surface area contributed by atoms with E-state index in [-0.39, 0.29) is 0 Å². The lowest BCUT2D eigenvalue weighted by Gasteiger charge is -2.22. The van der Waals surface area contributed by atoms with E-state index in [4.69, 9.17) is 0 Å². The molecule has 0 amide bonds. The van der Waals surface area contributed by atoms with Gasteiger partial charge in [-0.05, 0) is 132 Å². The Morgan fingerprint density at radius 3 is 1.30 bits per heavy atom. The summed E-state index contributed by atoms with van der Waals surface area (Å²) in [5.74, 6) is 0. The van der Waals surface area contributed by atoms with E-state index in [0.717, 1.165) is 65.9 Å². The molecule has 0 atom stereocenters. The average Bonchev–Trinajstić information content (AvgIpc) is 3.25. The molecule has 0 aromatic heterocycles. The van der Waals surface area contributed by atoms with Crippen molar-refractivity contribution >= 4 is 75.4 Å². The molecule has 0 nitrogen and oxygen atoms in total.